The van der Waals surface area contributed by atoms with E-state index in [-0.39, 0.29) is 18.4 Å². The Morgan fingerprint density at radius 3 is 2.64 bits per heavy atom. The van der Waals surface area contributed by atoms with Crippen molar-refractivity contribution in [1.29, 1.82) is 0 Å². The van der Waals surface area contributed by atoms with Crippen molar-refractivity contribution in [2.45, 2.75) is 35.9 Å². The smallest absolute Gasteiger partial charge is 0.252 e. The Labute approximate surface area is 134 Å². The van der Waals surface area contributed by atoms with Crippen LogP contribution in [0.5, 0.6) is 0 Å². The lowest BCUT2D eigenvalue weighted by molar-refractivity contribution is -0.129. The predicted molar refractivity (Wildman–Crippen MR) is 85.2 cm³/mol. The topological polar surface area (TPSA) is 83.7 Å². The van der Waals surface area contributed by atoms with Gasteiger partial charge in [-0.3, -0.25) is 4.79 Å². The second kappa shape index (κ2) is 6.27. The summed E-state index contributed by atoms with van der Waals surface area (Å²) in [4.78, 5) is 14.8. The van der Waals surface area contributed by atoms with Gasteiger partial charge in [0.15, 0.2) is 0 Å². The highest BCUT2D eigenvalue weighted by molar-refractivity contribution is 7.91. The molecule has 2 aliphatic heterocycles. The highest BCUT2D eigenvalue weighted by Gasteiger charge is 2.29. The van der Waals surface area contributed by atoms with Gasteiger partial charge in [0.1, 0.15) is 4.21 Å². The molecule has 122 valence electrons. The van der Waals surface area contributed by atoms with Gasteiger partial charge < -0.3 is 10.6 Å². The summed E-state index contributed by atoms with van der Waals surface area (Å²) in [5.41, 5.74) is 5.81. The summed E-state index contributed by atoms with van der Waals surface area (Å²) in [5, 5.41) is 0. The third kappa shape index (κ3) is 3.19. The minimum atomic E-state index is -3.37. The van der Waals surface area contributed by atoms with Crippen molar-refractivity contribution in [3.8, 4) is 0 Å². The Bertz CT molecular complexity index is 650. The number of likely N-dealkylation sites (tertiary alicyclic amines) is 1. The van der Waals surface area contributed by atoms with E-state index in [1.54, 1.807) is 17.0 Å². The molecule has 0 radical (unpaired) electrons. The molecule has 1 atom stereocenters. The van der Waals surface area contributed by atoms with Crippen LogP contribution in [0.2, 0.25) is 0 Å². The number of thiophene rings is 1. The fourth-order valence-corrected chi connectivity index (χ4v) is 5.94. The molecule has 2 saturated heterocycles. The van der Waals surface area contributed by atoms with E-state index in [4.69, 9.17) is 5.73 Å². The fraction of sp³-hybridized carbons (Fsp3) is 0.643. The maximum Gasteiger partial charge on any atom is 0.252 e. The van der Waals surface area contributed by atoms with Crippen LogP contribution in [0.3, 0.4) is 0 Å². The first kappa shape index (κ1) is 15.9. The number of carbonyl (C=O) groups is 1. The average Bonchev–Trinajstić information content (AvgIpc) is 3.19. The summed E-state index contributed by atoms with van der Waals surface area (Å²) in [6.45, 7) is 2.49. The van der Waals surface area contributed by atoms with Crippen molar-refractivity contribution in [2.24, 2.45) is 5.73 Å². The molecule has 0 saturated carbocycles. The number of hydrogen-bond donors (Lipinski definition) is 1. The molecule has 6 nitrogen and oxygen atoms in total. The molecule has 2 N–H and O–H groups in total. The fourth-order valence-electron chi connectivity index (χ4n) is 2.92. The molecule has 0 bridgehead atoms. The number of hydrogen-bond acceptors (Lipinski definition) is 5. The van der Waals surface area contributed by atoms with E-state index in [9.17, 15) is 13.2 Å². The Balaban J connectivity index is 1.67. The number of nitrogens with zero attached hydrogens (tertiary/aromatic N) is 2. The molecule has 0 spiro atoms. The first-order chi connectivity index (χ1) is 10.5. The number of nitrogens with two attached hydrogens (primary N) is 1. The molecule has 3 heterocycles. The first-order valence-electron chi connectivity index (χ1n) is 7.59. The summed E-state index contributed by atoms with van der Waals surface area (Å²) >= 11 is 1.21. The van der Waals surface area contributed by atoms with E-state index in [1.807, 2.05) is 0 Å². The quantitative estimate of drug-likeness (QED) is 0.869. The average molecular weight is 343 g/mol. The summed E-state index contributed by atoms with van der Waals surface area (Å²) in [6.07, 6.45) is 2.94. The second-order valence-electron chi connectivity index (χ2n) is 5.90. The van der Waals surface area contributed by atoms with Crippen LogP contribution in [0, 0.1) is 0 Å². The van der Waals surface area contributed by atoms with E-state index in [2.05, 4.69) is 0 Å². The van der Waals surface area contributed by atoms with Gasteiger partial charge in [0.25, 0.3) is 10.0 Å². The maximum atomic E-state index is 12.5. The summed E-state index contributed by atoms with van der Waals surface area (Å²) < 4.78 is 26.8. The molecule has 2 aliphatic rings. The lowest BCUT2D eigenvalue weighted by Crippen LogP contribution is -2.32. The van der Waals surface area contributed by atoms with E-state index in [0.29, 0.717) is 30.4 Å². The number of sulfonamides is 1. The third-order valence-corrected chi connectivity index (χ3v) is 7.65. The molecule has 1 amide bonds. The molecular formula is C14H21N3O3S2. The van der Waals surface area contributed by atoms with Gasteiger partial charge in [0.05, 0.1) is 6.42 Å². The molecule has 3 rings (SSSR count). The molecule has 22 heavy (non-hydrogen) atoms. The SMILES string of the molecule is N[C@@H]1CCN(C(=O)Cc2ccc(S(=O)(=O)N3CCCC3)s2)C1. The van der Waals surface area contributed by atoms with Gasteiger partial charge in [-0.2, -0.15) is 4.31 Å². The van der Waals surface area contributed by atoms with E-state index in [0.717, 1.165) is 24.1 Å². The second-order valence-corrected chi connectivity index (χ2v) is 9.23. The van der Waals surface area contributed by atoms with Crippen molar-refractivity contribution in [3.63, 3.8) is 0 Å². The van der Waals surface area contributed by atoms with Crippen LogP contribution < -0.4 is 5.73 Å². The van der Waals surface area contributed by atoms with Crippen LogP contribution in [0.1, 0.15) is 24.1 Å². The molecular weight excluding hydrogens is 322 g/mol. The van der Waals surface area contributed by atoms with Crippen LogP contribution in [0.15, 0.2) is 16.3 Å². The van der Waals surface area contributed by atoms with Crippen molar-refractivity contribution in [2.75, 3.05) is 26.2 Å². The first-order valence-corrected chi connectivity index (χ1v) is 9.85. The van der Waals surface area contributed by atoms with Gasteiger partial charge in [0, 0.05) is 37.1 Å². The number of amides is 1. The van der Waals surface area contributed by atoms with Gasteiger partial charge in [-0.1, -0.05) is 0 Å². The Morgan fingerprint density at radius 1 is 1.27 bits per heavy atom. The van der Waals surface area contributed by atoms with Gasteiger partial charge in [-0.25, -0.2) is 8.42 Å². The van der Waals surface area contributed by atoms with Gasteiger partial charge in [0.2, 0.25) is 5.91 Å². The Hall–Kier alpha value is -0.960. The lowest BCUT2D eigenvalue weighted by Gasteiger charge is -2.15. The van der Waals surface area contributed by atoms with Crippen LogP contribution in [0.25, 0.3) is 0 Å². The van der Waals surface area contributed by atoms with Gasteiger partial charge in [-0.05, 0) is 31.4 Å². The molecule has 0 aromatic carbocycles. The maximum absolute atomic E-state index is 12.5. The summed E-state index contributed by atoms with van der Waals surface area (Å²) in [5.74, 6) is 0.0277. The molecule has 1 aromatic heterocycles. The van der Waals surface area contributed by atoms with Crippen LogP contribution in [-0.4, -0.2) is 55.8 Å². The highest BCUT2D eigenvalue weighted by atomic mass is 32.2. The molecule has 0 aliphatic carbocycles. The lowest BCUT2D eigenvalue weighted by atomic mass is 10.3. The predicted octanol–water partition coefficient (Wildman–Crippen LogP) is 0.635. The van der Waals surface area contributed by atoms with E-state index in [1.165, 1.54) is 15.6 Å². The van der Waals surface area contributed by atoms with Crippen molar-refractivity contribution in [1.82, 2.24) is 9.21 Å². The zero-order valence-corrected chi connectivity index (χ0v) is 14.0. The molecule has 8 heteroatoms. The van der Waals surface area contributed by atoms with Crippen molar-refractivity contribution in [3.05, 3.63) is 17.0 Å². The van der Waals surface area contributed by atoms with Crippen molar-refractivity contribution < 1.29 is 13.2 Å². The minimum Gasteiger partial charge on any atom is -0.341 e. The molecule has 1 aromatic rings. The minimum absolute atomic E-state index is 0.0277. The van der Waals surface area contributed by atoms with E-state index >= 15 is 0 Å². The highest BCUT2D eigenvalue weighted by Crippen LogP contribution is 2.28. The summed E-state index contributed by atoms with van der Waals surface area (Å²) in [6, 6.07) is 3.44. The zero-order chi connectivity index (χ0) is 15.7. The van der Waals surface area contributed by atoms with Crippen molar-refractivity contribution >= 4 is 27.3 Å². The van der Waals surface area contributed by atoms with E-state index < -0.39 is 10.0 Å². The number of rotatable bonds is 4. The number of carbonyl (C=O) groups excluding carboxylic acids is 1. The molecule has 2 fully saturated rings. The monoisotopic (exact) mass is 343 g/mol. The Kier molecular flexibility index (Phi) is 4.54. The summed E-state index contributed by atoms with van der Waals surface area (Å²) in [7, 11) is -3.37. The molecule has 0 unspecified atom stereocenters. The van der Waals surface area contributed by atoms with Gasteiger partial charge >= 0.3 is 0 Å². The van der Waals surface area contributed by atoms with Crippen LogP contribution >= 0.6 is 11.3 Å². The van der Waals surface area contributed by atoms with Crippen LogP contribution in [-0.2, 0) is 21.2 Å². The zero-order valence-electron chi connectivity index (χ0n) is 12.4. The van der Waals surface area contributed by atoms with Gasteiger partial charge in [-0.15, -0.1) is 11.3 Å². The van der Waals surface area contributed by atoms with Crippen LogP contribution in [0.4, 0.5) is 0 Å². The Morgan fingerprint density at radius 2 is 2.00 bits per heavy atom. The standard InChI is InChI=1S/C14H21N3O3S2/c15-11-5-8-16(10-11)13(18)9-12-3-4-14(21-12)22(19,20)17-6-1-2-7-17/h3-4,11H,1-2,5-10,15H2/t11-/m1/s1. The largest absolute Gasteiger partial charge is 0.341 e. The third-order valence-electron chi connectivity index (χ3n) is 4.20. The normalized spacial score (nSPS) is 23.3.